The third kappa shape index (κ3) is 4.45. The summed E-state index contributed by atoms with van der Waals surface area (Å²) in [4.78, 5) is 20.8. The van der Waals surface area contributed by atoms with E-state index >= 15 is 0 Å². The minimum absolute atomic E-state index is 0.244. The SMILES string of the molecule is CCc1ccccc1NC(=O)c1cc(NCc2ccc(C)cc2)ncn1. The Labute approximate surface area is 153 Å². The summed E-state index contributed by atoms with van der Waals surface area (Å²) in [7, 11) is 0. The van der Waals surface area contributed by atoms with E-state index in [-0.39, 0.29) is 5.91 Å². The summed E-state index contributed by atoms with van der Waals surface area (Å²) < 4.78 is 0. The first-order chi connectivity index (χ1) is 12.7. The average Bonchev–Trinajstić information content (AvgIpc) is 2.68. The molecule has 2 N–H and O–H groups in total. The molecule has 0 spiro atoms. The van der Waals surface area contributed by atoms with Gasteiger partial charge in [-0.3, -0.25) is 4.79 Å². The fraction of sp³-hybridized carbons (Fsp3) is 0.190. The zero-order valence-electron chi connectivity index (χ0n) is 15.0. The summed E-state index contributed by atoms with van der Waals surface area (Å²) in [6.07, 6.45) is 2.25. The second-order valence-corrected chi connectivity index (χ2v) is 6.09. The summed E-state index contributed by atoms with van der Waals surface area (Å²) in [6.45, 7) is 4.75. The second-order valence-electron chi connectivity index (χ2n) is 6.09. The van der Waals surface area contributed by atoms with Gasteiger partial charge in [0, 0.05) is 18.3 Å². The normalized spacial score (nSPS) is 10.4. The van der Waals surface area contributed by atoms with Crippen molar-refractivity contribution in [3.63, 3.8) is 0 Å². The van der Waals surface area contributed by atoms with E-state index in [0.29, 0.717) is 18.1 Å². The van der Waals surface area contributed by atoms with E-state index in [0.717, 1.165) is 23.2 Å². The highest BCUT2D eigenvalue weighted by Crippen LogP contribution is 2.17. The molecule has 26 heavy (non-hydrogen) atoms. The molecule has 1 aromatic heterocycles. The van der Waals surface area contributed by atoms with Crippen molar-refractivity contribution in [1.82, 2.24) is 9.97 Å². The number of aromatic nitrogens is 2. The Morgan fingerprint density at radius 2 is 1.81 bits per heavy atom. The number of para-hydroxylation sites is 1. The quantitative estimate of drug-likeness (QED) is 0.701. The molecule has 0 atom stereocenters. The summed E-state index contributed by atoms with van der Waals surface area (Å²) in [5.74, 6) is 0.376. The third-order valence-corrected chi connectivity index (χ3v) is 4.14. The van der Waals surface area contributed by atoms with Crippen molar-refractivity contribution < 1.29 is 4.79 Å². The van der Waals surface area contributed by atoms with Gasteiger partial charge in [-0.15, -0.1) is 0 Å². The Balaban J connectivity index is 1.68. The number of nitrogens with zero attached hydrogens (tertiary/aromatic N) is 2. The fourth-order valence-electron chi connectivity index (χ4n) is 2.61. The second kappa shape index (κ2) is 8.25. The zero-order chi connectivity index (χ0) is 18.4. The molecule has 3 aromatic rings. The lowest BCUT2D eigenvalue weighted by Gasteiger charge is -2.10. The number of anilines is 2. The van der Waals surface area contributed by atoms with Crippen molar-refractivity contribution in [2.24, 2.45) is 0 Å². The van der Waals surface area contributed by atoms with Gasteiger partial charge < -0.3 is 10.6 Å². The Kier molecular flexibility index (Phi) is 5.59. The van der Waals surface area contributed by atoms with Gasteiger partial charge in [-0.25, -0.2) is 9.97 Å². The predicted molar refractivity (Wildman–Crippen MR) is 104 cm³/mol. The lowest BCUT2D eigenvalue weighted by Crippen LogP contribution is -2.15. The summed E-state index contributed by atoms with van der Waals surface area (Å²) in [6, 6.07) is 17.7. The van der Waals surface area contributed by atoms with E-state index < -0.39 is 0 Å². The number of hydrogen-bond acceptors (Lipinski definition) is 4. The minimum atomic E-state index is -0.244. The molecule has 0 radical (unpaired) electrons. The maximum atomic E-state index is 12.5. The first-order valence-electron chi connectivity index (χ1n) is 8.66. The van der Waals surface area contributed by atoms with Gasteiger partial charge in [0.15, 0.2) is 0 Å². The van der Waals surface area contributed by atoms with Gasteiger partial charge in [0.2, 0.25) is 0 Å². The van der Waals surface area contributed by atoms with Crippen LogP contribution in [-0.4, -0.2) is 15.9 Å². The molecule has 1 amide bonds. The van der Waals surface area contributed by atoms with Gasteiger partial charge in [-0.05, 0) is 30.5 Å². The number of hydrogen-bond donors (Lipinski definition) is 2. The number of nitrogens with one attached hydrogen (secondary N) is 2. The van der Waals surface area contributed by atoms with E-state index in [1.165, 1.54) is 11.9 Å². The van der Waals surface area contributed by atoms with Gasteiger partial charge in [0.25, 0.3) is 5.91 Å². The van der Waals surface area contributed by atoms with Crippen molar-refractivity contribution in [1.29, 1.82) is 0 Å². The van der Waals surface area contributed by atoms with Crippen molar-refractivity contribution in [3.05, 3.63) is 83.3 Å². The molecule has 0 fully saturated rings. The first kappa shape index (κ1) is 17.6. The molecule has 0 saturated heterocycles. The summed E-state index contributed by atoms with van der Waals surface area (Å²) >= 11 is 0. The topological polar surface area (TPSA) is 66.9 Å². The van der Waals surface area contributed by atoms with E-state index in [1.54, 1.807) is 6.07 Å². The van der Waals surface area contributed by atoms with Crippen LogP contribution in [0.5, 0.6) is 0 Å². The Hall–Kier alpha value is -3.21. The highest BCUT2D eigenvalue weighted by Gasteiger charge is 2.11. The van der Waals surface area contributed by atoms with Crippen LogP contribution in [-0.2, 0) is 13.0 Å². The number of benzene rings is 2. The highest BCUT2D eigenvalue weighted by molar-refractivity contribution is 6.03. The molecule has 0 aliphatic heterocycles. The molecule has 0 unspecified atom stereocenters. The average molecular weight is 346 g/mol. The Morgan fingerprint density at radius 1 is 1.04 bits per heavy atom. The number of rotatable bonds is 6. The molecule has 0 saturated carbocycles. The van der Waals surface area contributed by atoms with Crippen molar-refractivity contribution >= 4 is 17.4 Å². The largest absolute Gasteiger partial charge is 0.366 e. The molecule has 5 nitrogen and oxygen atoms in total. The maximum absolute atomic E-state index is 12.5. The van der Waals surface area contributed by atoms with Gasteiger partial charge in [-0.2, -0.15) is 0 Å². The molecule has 132 valence electrons. The Bertz CT molecular complexity index is 891. The summed E-state index contributed by atoms with van der Waals surface area (Å²) in [5, 5.41) is 6.16. The zero-order valence-corrected chi connectivity index (χ0v) is 15.0. The lowest BCUT2D eigenvalue weighted by atomic mass is 10.1. The first-order valence-corrected chi connectivity index (χ1v) is 8.66. The van der Waals surface area contributed by atoms with Gasteiger partial charge in [-0.1, -0.05) is 55.0 Å². The molecule has 2 aromatic carbocycles. The predicted octanol–water partition coefficient (Wildman–Crippen LogP) is 4.21. The molecular formula is C21H22N4O. The van der Waals surface area contributed by atoms with Gasteiger partial charge in [0.1, 0.15) is 17.8 Å². The van der Waals surface area contributed by atoms with Crippen molar-refractivity contribution in [2.45, 2.75) is 26.8 Å². The number of aryl methyl sites for hydroxylation is 2. The van der Waals surface area contributed by atoms with E-state index in [1.807, 2.05) is 24.3 Å². The maximum Gasteiger partial charge on any atom is 0.274 e. The van der Waals surface area contributed by atoms with Crippen molar-refractivity contribution in [2.75, 3.05) is 10.6 Å². The highest BCUT2D eigenvalue weighted by atomic mass is 16.1. The fourth-order valence-corrected chi connectivity index (χ4v) is 2.61. The van der Waals surface area contributed by atoms with Crippen LogP contribution < -0.4 is 10.6 Å². The standard InChI is InChI=1S/C21H22N4O/c1-3-17-6-4-5-7-18(17)25-21(26)19-12-20(24-14-23-19)22-13-16-10-8-15(2)9-11-16/h4-12,14H,3,13H2,1-2H3,(H,25,26)(H,22,23,24). The lowest BCUT2D eigenvalue weighted by molar-refractivity contribution is 0.102. The number of carbonyl (C=O) groups excluding carboxylic acids is 1. The van der Waals surface area contributed by atoms with E-state index in [2.05, 4.69) is 58.7 Å². The van der Waals surface area contributed by atoms with Crippen LogP contribution in [0.15, 0.2) is 60.9 Å². The van der Waals surface area contributed by atoms with Crippen LogP contribution in [0, 0.1) is 6.92 Å². The summed E-state index contributed by atoms with van der Waals surface area (Å²) in [5.41, 5.74) is 4.61. The van der Waals surface area contributed by atoms with Crippen LogP contribution in [0.2, 0.25) is 0 Å². The van der Waals surface area contributed by atoms with Crippen LogP contribution in [0.25, 0.3) is 0 Å². The van der Waals surface area contributed by atoms with Crippen LogP contribution >= 0.6 is 0 Å². The molecule has 5 heteroatoms. The monoisotopic (exact) mass is 346 g/mol. The van der Waals surface area contributed by atoms with Gasteiger partial charge in [0.05, 0.1) is 0 Å². The molecule has 1 heterocycles. The van der Waals surface area contributed by atoms with Crippen LogP contribution in [0.4, 0.5) is 11.5 Å². The molecular weight excluding hydrogens is 324 g/mol. The molecule has 0 aliphatic rings. The Morgan fingerprint density at radius 3 is 2.58 bits per heavy atom. The molecule has 3 rings (SSSR count). The van der Waals surface area contributed by atoms with Gasteiger partial charge >= 0.3 is 0 Å². The van der Waals surface area contributed by atoms with E-state index in [4.69, 9.17) is 0 Å². The molecule has 0 bridgehead atoms. The van der Waals surface area contributed by atoms with E-state index in [9.17, 15) is 4.79 Å². The smallest absolute Gasteiger partial charge is 0.274 e. The molecule has 0 aliphatic carbocycles. The van der Waals surface area contributed by atoms with Crippen LogP contribution in [0.3, 0.4) is 0 Å². The number of amides is 1. The van der Waals surface area contributed by atoms with Crippen molar-refractivity contribution in [3.8, 4) is 0 Å². The van der Waals surface area contributed by atoms with Crippen LogP contribution in [0.1, 0.15) is 34.1 Å². The number of carbonyl (C=O) groups is 1. The minimum Gasteiger partial charge on any atom is -0.366 e. The third-order valence-electron chi connectivity index (χ3n) is 4.14.